The van der Waals surface area contributed by atoms with Gasteiger partial charge in [-0.1, -0.05) is 0 Å². The zero-order chi connectivity index (χ0) is 9.31. The van der Waals surface area contributed by atoms with Gasteiger partial charge in [0.1, 0.15) is 5.78 Å². The van der Waals surface area contributed by atoms with Crippen LogP contribution in [0.2, 0.25) is 0 Å². The SMILES string of the molecule is N#CC1(C2CCCOC2)CC(=O)C1. The maximum atomic E-state index is 10.9. The minimum absolute atomic E-state index is 0.229. The van der Waals surface area contributed by atoms with Crippen molar-refractivity contribution in [3.8, 4) is 6.07 Å². The molecule has 0 N–H and O–H groups in total. The number of Topliss-reactive ketones (excluding diaryl/α,β-unsaturated/α-hetero) is 1. The second-order valence-corrected chi connectivity index (χ2v) is 4.07. The van der Waals surface area contributed by atoms with Gasteiger partial charge in [0, 0.05) is 25.4 Å². The third-order valence-corrected chi connectivity index (χ3v) is 3.19. The fourth-order valence-electron chi connectivity index (χ4n) is 2.29. The molecule has 2 fully saturated rings. The number of hydrogen-bond donors (Lipinski definition) is 0. The maximum absolute atomic E-state index is 10.9. The van der Waals surface area contributed by atoms with Crippen molar-refractivity contribution in [3.63, 3.8) is 0 Å². The summed E-state index contributed by atoms with van der Waals surface area (Å²) in [6.07, 6.45) is 2.98. The first-order valence-corrected chi connectivity index (χ1v) is 4.77. The number of ketones is 1. The second kappa shape index (κ2) is 3.12. The molecule has 3 heteroatoms. The smallest absolute Gasteiger partial charge is 0.136 e. The summed E-state index contributed by atoms with van der Waals surface area (Å²) in [4.78, 5) is 10.9. The summed E-state index contributed by atoms with van der Waals surface area (Å²) in [5.41, 5.74) is -0.364. The summed E-state index contributed by atoms with van der Waals surface area (Å²) in [7, 11) is 0. The number of nitriles is 1. The van der Waals surface area contributed by atoms with E-state index >= 15 is 0 Å². The van der Waals surface area contributed by atoms with Crippen LogP contribution in [0.5, 0.6) is 0 Å². The monoisotopic (exact) mass is 179 g/mol. The van der Waals surface area contributed by atoms with Gasteiger partial charge in [0.25, 0.3) is 0 Å². The molecular formula is C10H13NO2. The molecule has 1 saturated carbocycles. The molecule has 1 heterocycles. The first-order valence-electron chi connectivity index (χ1n) is 4.77. The fourth-order valence-corrected chi connectivity index (χ4v) is 2.29. The second-order valence-electron chi connectivity index (χ2n) is 4.07. The molecule has 13 heavy (non-hydrogen) atoms. The van der Waals surface area contributed by atoms with E-state index < -0.39 is 0 Å². The Balaban J connectivity index is 2.04. The molecule has 0 bridgehead atoms. The molecule has 0 aromatic carbocycles. The fraction of sp³-hybridized carbons (Fsp3) is 0.800. The quantitative estimate of drug-likeness (QED) is 0.609. The molecular weight excluding hydrogens is 166 g/mol. The highest BCUT2D eigenvalue weighted by molar-refractivity contribution is 5.87. The van der Waals surface area contributed by atoms with Gasteiger partial charge >= 0.3 is 0 Å². The van der Waals surface area contributed by atoms with Gasteiger partial charge in [0.15, 0.2) is 0 Å². The van der Waals surface area contributed by atoms with Crippen LogP contribution < -0.4 is 0 Å². The number of nitrogens with zero attached hydrogens (tertiary/aromatic N) is 1. The normalized spacial score (nSPS) is 31.9. The number of carbonyl (C=O) groups excluding carboxylic acids is 1. The van der Waals surface area contributed by atoms with Crippen molar-refractivity contribution < 1.29 is 9.53 Å². The third-order valence-electron chi connectivity index (χ3n) is 3.19. The summed E-state index contributed by atoms with van der Waals surface area (Å²) in [6.45, 7) is 1.48. The van der Waals surface area contributed by atoms with Crippen molar-refractivity contribution in [2.45, 2.75) is 25.7 Å². The van der Waals surface area contributed by atoms with Crippen LogP contribution in [-0.2, 0) is 9.53 Å². The van der Waals surface area contributed by atoms with E-state index in [-0.39, 0.29) is 11.2 Å². The molecule has 0 amide bonds. The minimum Gasteiger partial charge on any atom is -0.381 e. The average molecular weight is 179 g/mol. The van der Waals surface area contributed by atoms with Gasteiger partial charge in [-0.05, 0) is 12.8 Å². The molecule has 1 atom stereocenters. The lowest BCUT2D eigenvalue weighted by Crippen LogP contribution is -2.45. The molecule has 0 radical (unpaired) electrons. The summed E-state index contributed by atoms with van der Waals surface area (Å²) < 4.78 is 5.34. The van der Waals surface area contributed by atoms with E-state index in [1.54, 1.807) is 0 Å². The standard InChI is InChI=1S/C10H13NO2/c11-7-10(4-9(12)5-10)8-2-1-3-13-6-8/h8H,1-6H2. The lowest BCUT2D eigenvalue weighted by atomic mass is 9.60. The van der Waals surface area contributed by atoms with Crippen molar-refractivity contribution in [2.75, 3.05) is 13.2 Å². The third kappa shape index (κ3) is 1.36. The van der Waals surface area contributed by atoms with Crippen LogP contribution in [0, 0.1) is 22.7 Å². The Labute approximate surface area is 77.7 Å². The van der Waals surface area contributed by atoms with Gasteiger partial charge in [0.05, 0.1) is 18.1 Å². The Hall–Kier alpha value is -0.880. The number of ether oxygens (including phenoxy) is 1. The molecule has 1 aliphatic heterocycles. The molecule has 0 aromatic heterocycles. The molecule has 0 spiro atoms. The van der Waals surface area contributed by atoms with Crippen molar-refractivity contribution in [2.24, 2.45) is 11.3 Å². The van der Waals surface area contributed by atoms with Crippen molar-refractivity contribution in [1.82, 2.24) is 0 Å². The lowest BCUT2D eigenvalue weighted by Gasteiger charge is -2.42. The van der Waals surface area contributed by atoms with Gasteiger partial charge < -0.3 is 4.74 Å². The summed E-state index contributed by atoms with van der Waals surface area (Å²) in [5.74, 6) is 0.524. The molecule has 1 unspecified atom stereocenters. The zero-order valence-electron chi connectivity index (χ0n) is 7.58. The topological polar surface area (TPSA) is 50.1 Å². The highest BCUT2D eigenvalue weighted by Crippen LogP contribution is 2.47. The van der Waals surface area contributed by atoms with Gasteiger partial charge in [-0.3, -0.25) is 4.79 Å². The maximum Gasteiger partial charge on any atom is 0.136 e. The van der Waals surface area contributed by atoms with E-state index in [1.165, 1.54) is 0 Å². The van der Waals surface area contributed by atoms with E-state index in [0.29, 0.717) is 25.4 Å². The highest BCUT2D eigenvalue weighted by atomic mass is 16.5. The van der Waals surface area contributed by atoms with Crippen LogP contribution in [0.15, 0.2) is 0 Å². The molecule has 1 saturated heterocycles. The largest absolute Gasteiger partial charge is 0.381 e. The zero-order valence-corrected chi connectivity index (χ0v) is 7.58. The minimum atomic E-state index is -0.364. The molecule has 0 aromatic rings. The Bertz CT molecular complexity index is 253. The average Bonchev–Trinajstić information content (AvgIpc) is 2.14. The first kappa shape index (κ1) is 8.71. The highest BCUT2D eigenvalue weighted by Gasteiger charge is 2.50. The van der Waals surface area contributed by atoms with E-state index in [1.807, 2.05) is 0 Å². The molecule has 2 rings (SSSR count). The van der Waals surface area contributed by atoms with Crippen molar-refractivity contribution >= 4 is 5.78 Å². The van der Waals surface area contributed by atoms with Crippen molar-refractivity contribution in [1.29, 1.82) is 5.26 Å². The first-order chi connectivity index (χ1) is 6.27. The van der Waals surface area contributed by atoms with Crippen molar-refractivity contribution in [3.05, 3.63) is 0 Å². The van der Waals surface area contributed by atoms with E-state index in [4.69, 9.17) is 10.00 Å². The predicted molar refractivity (Wildman–Crippen MR) is 45.8 cm³/mol. The Morgan fingerprint density at radius 1 is 1.54 bits per heavy atom. The van der Waals surface area contributed by atoms with Gasteiger partial charge in [0.2, 0.25) is 0 Å². The number of rotatable bonds is 1. The van der Waals surface area contributed by atoms with E-state index in [2.05, 4.69) is 6.07 Å². The summed E-state index contributed by atoms with van der Waals surface area (Å²) in [6, 6.07) is 2.31. The number of carbonyl (C=O) groups is 1. The van der Waals surface area contributed by atoms with E-state index in [0.717, 1.165) is 19.4 Å². The molecule has 3 nitrogen and oxygen atoms in total. The lowest BCUT2D eigenvalue weighted by molar-refractivity contribution is -0.135. The van der Waals surface area contributed by atoms with Crippen LogP contribution in [0.3, 0.4) is 0 Å². The predicted octanol–water partition coefficient (Wildman–Crippen LogP) is 1.29. The Morgan fingerprint density at radius 3 is 2.77 bits per heavy atom. The van der Waals surface area contributed by atoms with Crippen LogP contribution in [-0.4, -0.2) is 19.0 Å². The van der Waals surface area contributed by atoms with Gasteiger partial charge in [-0.2, -0.15) is 5.26 Å². The van der Waals surface area contributed by atoms with Crippen LogP contribution in [0.1, 0.15) is 25.7 Å². The van der Waals surface area contributed by atoms with Crippen LogP contribution in [0.4, 0.5) is 0 Å². The molecule has 2 aliphatic rings. The molecule has 70 valence electrons. The molecule has 1 aliphatic carbocycles. The summed E-state index contributed by atoms with van der Waals surface area (Å²) >= 11 is 0. The van der Waals surface area contributed by atoms with Gasteiger partial charge in [-0.25, -0.2) is 0 Å². The number of hydrogen-bond acceptors (Lipinski definition) is 3. The Morgan fingerprint density at radius 2 is 2.31 bits per heavy atom. The van der Waals surface area contributed by atoms with Crippen LogP contribution >= 0.6 is 0 Å². The van der Waals surface area contributed by atoms with Crippen LogP contribution in [0.25, 0.3) is 0 Å². The summed E-state index contributed by atoms with van der Waals surface area (Å²) in [5, 5.41) is 9.05. The Kier molecular flexibility index (Phi) is 2.09. The van der Waals surface area contributed by atoms with E-state index in [9.17, 15) is 4.79 Å². The van der Waals surface area contributed by atoms with Gasteiger partial charge in [-0.15, -0.1) is 0 Å².